The molecule has 0 aliphatic heterocycles. The van der Waals surface area contributed by atoms with E-state index in [1.54, 1.807) is 24.3 Å². The van der Waals surface area contributed by atoms with Gasteiger partial charge in [0.2, 0.25) is 0 Å². The molecule has 4 aromatic rings. The molecule has 0 aliphatic rings. The van der Waals surface area contributed by atoms with Crippen LogP contribution < -0.4 is 5.63 Å². The number of pyridine rings is 1. The van der Waals surface area contributed by atoms with Gasteiger partial charge in [-0.3, -0.25) is 15.1 Å². The van der Waals surface area contributed by atoms with Crippen LogP contribution in [0.25, 0.3) is 21.9 Å². The Morgan fingerprint density at radius 1 is 1.00 bits per heavy atom. The first-order valence-electron chi connectivity index (χ1n) is 7.67. The van der Waals surface area contributed by atoms with Gasteiger partial charge in [-0.25, -0.2) is 4.79 Å². The lowest BCUT2D eigenvalue weighted by Gasteiger charge is -2.07. The average Bonchev–Trinajstić information content (AvgIpc) is 2.61. The van der Waals surface area contributed by atoms with Crippen molar-refractivity contribution in [3.05, 3.63) is 92.5 Å². The maximum absolute atomic E-state index is 12.1. The van der Waals surface area contributed by atoms with Crippen molar-refractivity contribution in [1.82, 2.24) is 4.98 Å². The van der Waals surface area contributed by atoms with Gasteiger partial charge < -0.3 is 4.42 Å². The lowest BCUT2D eigenvalue weighted by molar-refractivity contribution is -0.387. The first-order chi connectivity index (χ1) is 12.1. The Hall–Kier alpha value is -3.54. The van der Waals surface area contributed by atoms with Gasteiger partial charge in [-0.15, -0.1) is 0 Å². The third kappa shape index (κ3) is 2.63. The van der Waals surface area contributed by atoms with Gasteiger partial charge in [0, 0.05) is 22.9 Å². The van der Waals surface area contributed by atoms with Crippen molar-refractivity contribution in [3.63, 3.8) is 0 Å². The van der Waals surface area contributed by atoms with E-state index in [0.29, 0.717) is 22.2 Å². The highest BCUT2D eigenvalue weighted by atomic mass is 16.6. The summed E-state index contributed by atoms with van der Waals surface area (Å²) < 4.78 is 5.09. The standard InChI is InChI=1S/C19H12N2O4/c22-19-18(21(23)24)15(14-6-2-4-8-17(14)25-19)11-13-10-9-12-5-1-3-7-16(12)20-13/h1-10H,11H2. The van der Waals surface area contributed by atoms with Crippen LogP contribution >= 0.6 is 0 Å². The van der Waals surface area contributed by atoms with Crippen LogP contribution in [0.3, 0.4) is 0 Å². The molecule has 0 bridgehead atoms. The Morgan fingerprint density at radius 2 is 1.76 bits per heavy atom. The summed E-state index contributed by atoms with van der Waals surface area (Å²) in [6.45, 7) is 0. The van der Waals surface area contributed by atoms with Gasteiger partial charge in [0.05, 0.1) is 16.0 Å². The number of fused-ring (bicyclic) bond motifs is 2. The molecular formula is C19H12N2O4. The molecule has 25 heavy (non-hydrogen) atoms. The summed E-state index contributed by atoms with van der Waals surface area (Å²) in [5.74, 6) is 0. The highest BCUT2D eigenvalue weighted by molar-refractivity contribution is 5.84. The lowest BCUT2D eigenvalue weighted by Crippen LogP contribution is -2.11. The zero-order valence-corrected chi connectivity index (χ0v) is 13.0. The summed E-state index contributed by atoms with van der Waals surface area (Å²) in [7, 11) is 0. The highest BCUT2D eigenvalue weighted by Crippen LogP contribution is 2.27. The monoisotopic (exact) mass is 332 g/mol. The van der Waals surface area contributed by atoms with Crippen LogP contribution in [-0.4, -0.2) is 9.91 Å². The number of rotatable bonds is 3. The summed E-state index contributed by atoms with van der Waals surface area (Å²) >= 11 is 0. The summed E-state index contributed by atoms with van der Waals surface area (Å²) in [6.07, 6.45) is 0.174. The van der Waals surface area contributed by atoms with Crippen molar-refractivity contribution < 1.29 is 9.34 Å². The van der Waals surface area contributed by atoms with E-state index < -0.39 is 16.2 Å². The molecule has 0 saturated heterocycles. The molecule has 122 valence electrons. The molecule has 0 radical (unpaired) electrons. The van der Waals surface area contributed by atoms with Gasteiger partial charge >= 0.3 is 11.3 Å². The van der Waals surface area contributed by atoms with E-state index in [2.05, 4.69) is 4.98 Å². The molecule has 6 nitrogen and oxygen atoms in total. The Bertz CT molecular complexity index is 1180. The predicted octanol–water partition coefficient (Wildman–Crippen LogP) is 3.84. The molecule has 0 unspecified atom stereocenters. The van der Waals surface area contributed by atoms with Crippen molar-refractivity contribution in [2.45, 2.75) is 6.42 Å². The molecule has 0 saturated carbocycles. The van der Waals surface area contributed by atoms with Gasteiger partial charge in [0.1, 0.15) is 5.58 Å². The maximum atomic E-state index is 12.1. The fourth-order valence-corrected chi connectivity index (χ4v) is 2.96. The van der Waals surface area contributed by atoms with E-state index in [4.69, 9.17) is 4.42 Å². The third-order valence-electron chi connectivity index (χ3n) is 4.09. The van der Waals surface area contributed by atoms with Gasteiger partial charge in [0.25, 0.3) is 0 Å². The maximum Gasteiger partial charge on any atom is 0.415 e. The summed E-state index contributed by atoms with van der Waals surface area (Å²) in [5.41, 5.74) is 0.620. The molecule has 0 atom stereocenters. The Balaban J connectivity index is 1.93. The van der Waals surface area contributed by atoms with E-state index in [0.717, 1.165) is 10.9 Å². The van der Waals surface area contributed by atoms with Crippen LogP contribution in [-0.2, 0) is 6.42 Å². The molecule has 0 fully saturated rings. The van der Waals surface area contributed by atoms with E-state index in [1.807, 2.05) is 36.4 Å². The number of nitro groups is 1. The Labute approximate surface area is 141 Å². The van der Waals surface area contributed by atoms with Crippen LogP contribution in [0.4, 0.5) is 5.69 Å². The van der Waals surface area contributed by atoms with Crippen molar-refractivity contribution in [3.8, 4) is 0 Å². The minimum Gasteiger partial charge on any atom is -0.418 e. The fourth-order valence-electron chi connectivity index (χ4n) is 2.96. The van der Waals surface area contributed by atoms with Crippen molar-refractivity contribution >= 4 is 27.6 Å². The largest absolute Gasteiger partial charge is 0.418 e. The number of benzene rings is 2. The second kappa shape index (κ2) is 5.83. The van der Waals surface area contributed by atoms with Gasteiger partial charge in [0.15, 0.2) is 0 Å². The summed E-state index contributed by atoms with van der Waals surface area (Å²) in [5, 5.41) is 12.9. The normalized spacial score (nSPS) is 11.0. The minimum atomic E-state index is -0.945. The molecule has 0 amide bonds. The van der Waals surface area contributed by atoms with Crippen LogP contribution in [0, 0.1) is 10.1 Å². The number of para-hydroxylation sites is 2. The number of hydrogen-bond donors (Lipinski definition) is 0. The summed E-state index contributed by atoms with van der Waals surface area (Å²) in [6, 6.07) is 18.2. The number of hydrogen-bond acceptors (Lipinski definition) is 5. The molecule has 6 heteroatoms. The molecule has 2 aromatic carbocycles. The number of nitrogens with zero attached hydrogens (tertiary/aromatic N) is 2. The van der Waals surface area contributed by atoms with Crippen LogP contribution in [0.2, 0.25) is 0 Å². The van der Waals surface area contributed by atoms with Crippen molar-refractivity contribution in [1.29, 1.82) is 0 Å². The van der Waals surface area contributed by atoms with Gasteiger partial charge in [-0.05, 0) is 18.2 Å². The van der Waals surface area contributed by atoms with Gasteiger partial charge in [-0.1, -0.05) is 42.5 Å². The summed E-state index contributed by atoms with van der Waals surface area (Å²) in [4.78, 5) is 27.3. The Morgan fingerprint density at radius 3 is 2.60 bits per heavy atom. The highest BCUT2D eigenvalue weighted by Gasteiger charge is 2.24. The molecular weight excluding hydrogens is 320 g/mol. The average molecular weight is 332 g/mol. The van der Waals surface area contributed by atoms with E-state index in [1.165, 1.54) is 0 Å². The quantitative estimate of drug-likeness (QED) is 0.323. The minimum absolute atomic E-state index is 0.174. The zero-order valence-electron chi connectivity index (χ0n) is 13.0. The number of aromatic nitrogens is 1. The van der Waals surface area contributed by atoms with Crippen LogP contribution in [0.5, 0.6) is 0 Å². The second-order valence-corrected chi connectivity index (χ2v) is 5.64. The smallest absolute Gasteiger partial charge is 0.415 e. The lowest BCUT2D eigenvalue weighted by atomic mass is 10.0. The molecule has 0 N–H and O–H groups in total. The Kier molecular flexibility index (Phi) is 3.50. The SMILES string of the molecule is O=c1oc2ccccc2c(Cc2ccc3ccccc3n2)c1[N+](=O)[O-]. The molecule has 4 rings (SSSR count). The molecule has 0 spiro atoms. The first-order valence-corrected chi connectivity index (χ1v) is 7.67. The van der Waals surface area contributed by atoms with Crippen LogP contribution in [0.1, 0.15) is 11.3 Å². The van der Waals surface area contributed by atoms with E-state index >= 15 is 0 Å². The second-order valence-electron chi connectivity index (χ2n) is 5.64. The van der Waals surface area contributed by atoms with Crippen molar-refractivity contribution in [2.75, 3.05) is 0 Å². The topological polar surface area (TPSA) is 86.2 Å². The van der Waals surface area contributed by atoms with Crippen molar-refractivity contribution in [2.24, 2.45) is 0 Å². The molecule has 2 aromatic heterocycles. The molecule has 0 aliphatic carbocycles. The van der Waals surface area contributed by atoms with Gasteiger partial charge in [-0.2, -0.15) is 0 Å². The predicted molar refractivity (Wildman–Crippen MR) is 93.7 cm³/mol. The first kappa shape index (κ1) is 15.0. The fraction of sp³-hybridized carbons (Fsp3) is 0.0526. The van der Waals surface area contributed by atoms with E-state index in [-0.39, 0.29) is 6.42 Å². The zero-order chi connectivity index (χ0) is 17.4. The molecule has 2 heterocycles. The van der Waals surface area contributed by atoms with E-state index in [9.17, 15) is 14.9 Å². The van der Waals surface area contributed by atoms with Crippen LogP contribution in [0.15, 0.2) is 69.9 Å². The third-order valence-corrected chi connectivity index (χ3v) is 4.09.